The Morgan fingerprint density at radius 1 is 1.35 bits per heavy atom. The number of hydrogen-bond acceptors (Lipinski definition) is 3. The maximum absolute atomic E-state index is 11.8. The highest BCUT2D eigenvalue weighted by atomic mass is 35.5. The van der Waals surface area contributed by atoms with Crippen LogP contribution in [0.5, 0.6) is 0 Å². The van der Waals surface area contributed by atoms with Crippen molar-refractivity contribution in [3.05, 3.63) is 11.8 Å². The maximum Gasteiger partial charge on any atom is 0.334 e. The third-order valence-electron chi connectivity index (χ3n) is 3.24. The Balaban J connectivity index is 2.38. The first kappa shape index (κ1) is 17.4. The number of esters is 1. The van der Waals surface area contributed by atoms with Crippen LogP contribution in [0.3, 0.4) is 0 Å². The predicted molar refractivity (Wildman–Crippen MR) is 81.8 cm³/mol. The Hall–Kier alpha value is -0.700. The zero-order valence-electron chi connectivity index (χ0n) is 12.9. The van der Waals surface area contributed by atoms with E-state index in [2.05, 4.69) is 0 Å². The Morgan fingerprint density at radius 3 is 2.70 bits per heavy atom. The number of carbonyl (C=O) groups is 1. The smallest absolute Gasteiger partial charge is 0.334 e. The lowest BCUT2D eigenvalue weighted by Gasteiger charge is -2.18. The molecule has 1 rings (SSSR count). The minimum atomic E-state index is -0.455. The normalized spacial score (nSPS) is 21.0. The molecule has 116 valence electrons. The Bertz CT molecular complexity index is 331. The number of halogens is 1. The summed E-state index contributed by atoms with van der Waals surface area (Å²) in [5.74, 6) is 1.62. The Morgan fingerprint density at radius 2 is 2.05 bits per heavy atom. The summed E-state index contributed by atoms with van der Waals surface area (Å²) in [5, 5.41) is 0. The summed E-state index contributed by atoms with van der Waals surface area (Å²) in [4.78, 5) is 11.8. The highest BCUT2D eigenvalue weighted by molar-refractivity contribution is 6.17. The molecule has 0 amide bonds. The fraction of sp³-hybridized carbons (Fsp3) is 0.812. The van der Waals surface area contributed by atoms with Crippen molar-refractivity contribution in [2.75, 3.05) is 12.5 Å². The van der Waals surface area contributed by atoms with Gasteiger partial charge in [-0.15, -0.1) is 11.6 Å². The summed E-state index contributed by atoms with van der Waals surface area (Å²) in [6, 6.07) is 0. The molecule has 4 heteroatoms. The minimum absolute atomic E-state index is 0.304. The van der Waals surface area contributed by atoms with Gasteiger partial charge in [0.25, 0.3) is 0 Å². The molecule has 0 aromatic rings. The summed E-state index contributed by atoms with van der Waals surface area (Å²) < 4.78 is 10.9. The Labute approximate surface area is 127 Å². The zero-order valence-corrected chi connectivity index (χ0v) is 13.7. The van der Waals surface area contributed by atoms with Gasteiger partial charge in [0, 0.05) is 11.8 Å². The molecule has 0 radical (unpaired) electrons. The average molecular weight is 303 g/mol. The van der Waals surface area contributed by atoms with Gasteiger partial charge in [0.15, 0.2) is 0 Å². The molecule has 0 saturated carbocycles. The van der Waals surface area contributed by atoms with E-state index in [9.17, 15) is 4.79 Å². The van der Waals surface area contributed by atoms with Gasteiger partial charge in [-0.1, -0.05) is 19.3 Å². The standard InChI is InChI=1S/C16H27ClO3/c1-16(2,3)20-15(18)12-14-13(9-11-19-14)8-6-4-5-7-10-17/h12-13H,4-11H2,1-3H3/b14-12-. The number of hydrogen-bond donors (Lipinski definition) is 0. The van der Waals surface area contributed by atoms with Gasteiger partial charge in [-0.05, 0) is 40.0 Å². The predicted octanol–water partition coefficient (Wildman–Crippen LogP) is 4.44. The molecule has 1 atom stereocenters. The number of unbranched alkanes of at least 4 members (excludes halogenated alkanes) is 3. The first-order chi connectivity index (χ1) is 9.42. The summed E-state index contributed by atoms with van der Waals surface area (Å²) in [6.45, 7) is 6.31. The molecular formula is C16H27ClO3. The van der Waals surface area contributed by atoms with E-state index in [0.717, 1.165) is 37.3 Å². The van der Waals surface area contributed by atoms with Gasteiger partial charge in [0.2, 0.25) is 0 Å². The zero-order chi connectivity index (χ0) is 15.0. The van der Waals surface area contributed by atoms with E-state index in [0.29, 0.717) is 12.5 Å². The lowest BCUT2D eigenvalue weighted by Crippen LogP contribution is -2.23. The van der Waals surface area contributed by atoms with Crippen molar-refractivity contribution < 1.29 is 14.3 Å². The van der Waals surface area contributed by atoms with Crippen LogP contribution in [0.25, 0.3) is 0 Å². The minimum Gasteiger partial charge on any atom is -0.497 e. The first-order valence-corrected chi connectivity index (χ1v) is 8.09. The quantitative estimate of drug-likeness (QED) is 0.302. The van der Waals surface area contributed by atoms with Gasteiger partial charge in [-0.2, -0.15) is 0 Å². The van der Waals surface area contributed by atoms with Gasteiger partial charge in [0.05, 0.1) is 12.7 Å². The van der Waals surface area contributed by atoms with Crippen LogP contribution in [-0.4, -0.2) is 24.1 Å². The molecular weight excluding hydrogens is 276 g/mol. The summed E-state index contributed by atoms with van der Waals surface area (Å²) >= 11 is 5.66. The van der Waals surface area contributed by atoms with Gasteiger partial charge < -0.3 is 9.47 Å². The molecule has 0 aliphatic carbocycles. The van der Waals surface area contributed by atoms with Crippen molar-refractivity contribution in [2.24, 2.45) is 5.92 Å². The van der Waals surface area contributed by atoms with Crippen LogP contribution in [0.4, 0.5) is 0 Å². The second-order valence-corrected chi connectivity index (χ2v) is 6.68. The van der Waals surface area contributed by atoms with Gasteiger partial charge in [-0.3, -0.25) is 0 Å². The van der Waals surface area contributed by atoms with Crippen LogP contribution in [0.1, 0.15) is 59.3 Å². The van der Waals surface area contributed by atoms with Crippen LogP contribution < -0.4 is 0 Å². The second-order valence-electron chi connectivity index (χ2n) is 6.31. The number of rotatable bonds is 7. The average Bonchev–Trinajstić information content (AvgIpc) is 2.74. The summed E-state index contributed by atoms with van der Waals surface area (Å²) in [6.07, 6.45) is 8.24. The van der Waals surface area contributed by atoms with Crippen LogP contribution in [0.15, 0.2) is 11.8 Å². The molecule has 1 unspecified atom stereocenters. The highest BCUT2D eigenvalue weighted by Crippen LogP contribution is 2.29. The summed E-state index contributed by atoms with van der Waals surface area (Å²) in [5.41, 5.74) is -0.455. The van der Waals surface area contributed by atoms with Crippen molar-refractivity contribution in [3.8, 4) is 0 Å². The van der Waals surface area contributed by atoms with E-state index in [1.165, 1.54) is 18.9 Å². The van der Waals surface area contributed by atoms with E-state index in [-0.39, 0.29) is 5.97 Å². The third kappa shape index (κ3) is 7.18. The van der Waals surface area contributed by atoms with Crippen LogP contribution in [0.2, 0.25) is 0 Å². The monoisotopic (exact) mass is 302 g/mol. The Kier molecular flexibility index (Phi) is 7.42. The van der Waals surface area contributed by atoms with Crippen molar-refractivity contribution in [3.63, 3.8) is 0 Å². The highest BCUT2D eigenvalue weighted by Gasteiger charge is 2.24. The molecule has 1 aliphatic heterocycles. The molecule has 1 heterocycles. The van der Waals surface area contributed by atoms with Crippen LogP contribution in [0, 0.1) is 5.92 Å². The molecule has 1 fully saturated rings. The van der Waals surface area contributed by atoms with E-state index in [1.54, 1.807) is 0 Å². The summed E-state index contributed by atoms with van der Waals surface area (Å²) in [7, 11) is 0. The van der Waals surface area contributed by atoms with Crippen molar-refractivity contribution >= 4 is 17.6 Å². The molecule has 0 bridgehead atoms. The SMILES string of the molecule is CC(C)(C)OC(=O)/C=C1\OCCC1CCCCCCCl. The molecule has 1 saturated heterocycles. The van der Waals surface area contributed by atoms with E-state index in [1.807, 2.05) is 20.8 Å². The van der Waals surface area contributed by atoms with Gasteiger partial charge in [0.1, 0.15) is 11.4 Å². The molecule has 3 nitrogen and oxygen atoms in total. The molecule has 1 aliphatic rings. The fourth-order valence-corrected chi connectivity index (χ4v) is 2.50. The lowest BCUT2D eigenvalue weighted by atomic mass is 9.97. The molecule has 0 spiro atoms. The molecule has 0 N–H and O–H groups in total. The van der Waals surface area contributed by atoms with Crippen molar-refractivity contribution in [1.29, 1.82) is 0 Å². The molecule has 20 heavy (non-hydrogen) atoms. The van der Waals surface area contributed by atoms with E-state index >= 15 is 0 Å². The largest absolute Gasteiger partial charge is 0.497 e. The number of ether oxygens (including phenoxy) is 2. The topological polar surface area (TPSA) is 35.5 Å². The fourth-order valence-electron chi connectivity index (χ4n) is 2.31. The van der Waals surface area contributed by atoms with E-state index in [4.69, 9.17) is 21.1 Å². The van der Waals surface area contributed by atoms with Gasteiger partial charge in [-0.25, -0.2) is 4.79 Å². The van der Waals surface area contributed by atoms with Crippen LogP contribution >= 0.6 is 11.6 Å². The first-order valence-electron chi connectivity index (χ1n) is 7.55. The maximum atomic E-state index is 11.8. The van der Waals surface area contributed by atoms with Crippen molar-refractivity contribution in [2.45, 2.75) is 64.9 Å². The molecule has 0 aromatic carbocycles. The van der Waals surface area contributed by atoms with Gasteiger partial charge >= 0.3 is 5.97 Å². The van der Waals surface area contributed by atoms with E-state index < -0.39 is 5.60 Å². The van der Waals surface area contributed by atoms with Crippen molar-refractivity contribution in [1.82, 2.24) is 0 Å². The number of alkyl halides is 1. The second kappa shape index (κ2) is 8.56. The third-order valence-corrected chi connectivity index (χ3v) is 3.51. The molecule has 0 aromatic heterocycles. The number of carbonyl (C=O) groups excluding carboxylic acids is 1. The number of allylic oxidation sites excluding steroid dienone is 1. The lowest BCUT2D eigenvalue weighted by molar-refractivity contribution is -0.148. The van der Waals surface area contributed by atoms with Crippen LogP contribution in [-0.2, 0) is 14.3 Å².